The van der Waals surface area contributed by atoms with Gasteiger partial charge in [-0.15, -0.1) is 0 Å². The molecule has 1 N–H and O–H groups in total. The molecule has 0 bridgehead atoms. The summed E-state index contributed by atoms with van der Waals surface area (Å²) in [6.07, 6.45) is 1.21. The van der Waals surface area contributed by atoms with Crippen LogP contribution in [-0.2, 0) is 23.8 Å². The van der Waals surface area contributed by atoms with Crippen LogP contribution in [0.25, 0.3) is 0 Å². The first-order valence-electron chi connectivity index (χ1n) is 12.0. The summed E-state index contributed by atoms with van der Waals surface area (Å²) < 4.78 is 15.4. The third-order valence-electron chi connectivity index (χ3n) is 5.92. The van der Waals surface area contributed by atoms with Crippen molar-refractivity contribution in [1.29, 1.82) is 0 Å². The van der Waals surface area contributed by atoms with E-state index in [1.54, 1.807) is 42.2 Å². The van der Waals surface area contributed by atoms with Crippen LogP contribution < -0.4 is 10.2 Å². The van der Waals surface area contributed by atoms with Gasteiger partial charge < -0.3 is 29.3 Å². The van der Waals surface area contributed by atoms with E-state index >= 15 is 0 Å². The molecule has 2 saturated heterocycles. The second-order valence-electron chi connectivity index (χ2n) is 8.98. The second kappa shape index (κ2) is 10.7. The first-order chi connectivity index (χ1) is 17.7. The normalized spacial score (nSPS) is 17.0. The summed E-state index contributed by atoms with van der Waals surface area (Å²) >= 11 is 0. The zero-order valence-electron chi connectivity index (χ0n) is 21.0. The van der Waals surface area contributed by atoms with Gasteiger partial charge in [0.05, 0.1) is 23.5 Å². The standard InChI is InChI=1S/C27H29N3O7/c1-4-35-24(32)19-10-11-22(21(16-19)28-17-20-25(33)36-27(2,3)37-26(20)34)29-12-14-30(15-13-29)23(31)18-8-6-5-7-9-18/h5-11,16-17,28H,4,12-15H2,1-3H3. The number of benzene rings is 2. The highest BCUT2D eigenvalue weighted by Gasteiger charge is 2.39. The van der Waals surface area contributed by atoms with E-state index in [-0.39, 0.29) is 18.1 Å². The smallest absolute Gasteiger partial charge is 0.350 e. The lowest BCUT2D eigenvalue weighted by Crippen LogP contribution is -2.49. The van der Waals surface area contributed by atoms with Gasteiger partial charge in [-0.3, -0.25) is 4.79 Å². The lowest BCUT2D eigenvalue weighted by Gasteiger charge is -2.37. The summed E-state index contributed by atoms with van der Waals surface area (Å²) in [5.74, 6) is -3.51. The number of carbonyl (C=O) groups is 4. The summed E-state index contributed by atoms with van der Waals surface area (Å²) in [5, 5.41) is 2.97. The number of nitrogens with zero attached hydrogens (tertiary/aromatic N) is 2. The second-order valence-corrected chi connectivity index (χ2v) is 8.98. The van der Waals surface area contributed by atoms with Gasteiger partial charge in [0, 0.05) is 51.8 Å². The van der Waals surface area contributed by atoms with Crippen LogP contribution in [0, 0.1) is 0 Å². The van der Waals surface area contributed by atoms with Crippen molar-refractivity contribution < 1.29 is 33.4 Å². The van der Waals surface area contributed by atoms with Crippen LogP contribution in [0.2, 0.25) is 0 Å². The number of hydrogen-bond donors (Lipinski definition) is 1. The minimum Gasteiger partial charge on any atom is -0.462 e. The van der Waals surface area contributed by atoms with Crippen LogP contribution in [0.3, 0.4) is 0 Å². The Labute approximate surface area is 214 Å². The number of cyclic esters (lactones) is 2. The number of ether oxygens (including phenoxy) is 3. The molecule has 4 rings (SSSR count). The van der Waals surface area contributed by atoms with Crippen molar-refractivity contribution in [3.05, 3.63) is 71.4 Å². The van der Waals surface area contributed by atoms with Crippen molar-refractivity contribution in [2.75, 3.05) is 43.0 Å². The molecule has 0 saturated carbocycles. The van der Waals surface area contributed by atoms with Gasteiger partial charge in [-0.05, 0) is 37.3 Å². The maximum absolute atomic E-state index is 12.8. The average Bonchev–Trinajstić information content (AvgIpc) is 2.88. The summed E-state index contributed by atoms with van der Waals surface area (Å²) in [5.41, 5.74) is 1.85. The molecule has 2 fully saturated rings. The molecule has 10 heteroatoms. The minimum atomic E-state index is -1.35. The van der Waals surface area contributed by atoms with Crippen molar-refractivity contribution in [2.45, 2.75) is 26.6 Å². The molecular formula is C27H29N3O7. The first kappa shape index (κ1) is 25.7. The molecule has 2 aliphatic rings. The number of piperazine rings is 1. The predicted molar refractivity (Wildman–Crippen MR) is 135 cm³/mol. The van der Waals surface area contributed by atoms with Crippen molar-refractivity contribution in [1.82, 2.24) is 4.90 Å². The molecule has 0 aliphatic carbocycles. The summed E-state index contributed by atoms with van der Waals surface area (Å²) in [6.45, 7) is 6.96. The molecule has 37 heavy (non-hydrogen) atoms. The molecule has 0 spiro atoms. The van der Waals surface area contributed by atoms with Gasteiger partial charge in [0.1, 0.15) is 0 Å². The van der Waals surface area contributed by atoms with Crippen LogP contribution in [0.1, 0.15) is 41.5 Å². The molecule has 194 valence electrons. The molecule has 2 heterocycles. The average molecular weight is 508 g/mol. The molecule has 2 aliphatic heterocycles. The summed E-state index contributed by atoms with van der Waals surface area (Å²) in [7, 11) is 0. The zero-order valence-corrected chi connectivity index (χ0v) is 21.0. The molecule has 10 nitrogen and oxygen atoms in total. The molecule has 0 radical (unpaired) electrons. The fourth-order valence-corrected chi connectivity index (χ4v) is 4.11. The van der Waals surface area contributed by atoms with Gasteiger partial charge in [0.2, 0.25) is 0 Å². The third-order valence-corrected chi connectivity index (χ3v) is 5.92. The fraction of sp³-hybridized carbons (Fsp3) is 0.333. The Morgan fingerprint density at radius 2 is 1.62 bits per heavy atom. The van der Waals surface area contributed by atoms with Gasteiger partial charge in [0.25, 0.3) is 11.7 Å². The van der Waals surface area contributed by atoms with Crippen LogP contribution in [-0.4, -0.2) is 67.3 Å². The lowest BCUT2D eigenvalue weighted by molar-refractivity contribution is -0.222. The number of amides is 1. The highest BCUT2D eigenvalue weighted by Crippen LogP contribution is 2.30. The van der Waals surface area contributed by atoms with Gasteiger partial charge in [-0.2, -0.15) is 0 Å². The van der Waals surface area contributed by atoms with E-state index in [9.17, 15) is 19.2 Å². The van der Waals surface area contributed by atoms with E-state index in [1.807, 2.05) is 18.2 Å². The Bertz CT molecular complexity index is 1210. The molecule has 2 aromatic rings. The van der Waals surface area contributed by atoms with E-state index in [0.717, 1.165) is 5.69 Å². The maximum Gasteiger partial charge on any atom is 0.350 e. The van der Waals surface area contributed by atoms with Gasteiger partial charge >= 0.3 is 17.9 Å². The number of hydrogen-bond acceptors (Lipinski definition) is 9. The number of anilines is 2. The molecule has 0 atom stereocenters. The largest absolute Gasteiger partial charge is 0.462 e. The van der Waals surface area contributed by atoms with E-state index in [1.165, 1.54) is 20.0 Å². The molecule has 2 aromatic carbocycles. The SMILES string of the molecule is CCOC(=O)c1ccc(N2CCN(C(=O)c3ccccc3)CC2)c(NC=C2C(=O)OC(C)(C)OC2=O)c1. The highest BCUT2D eigenvalue weighted by atomic mass is 16.7. The Kier molecular flexibility index (Phi) is 7.47. The van der Waals surface area contributed by atoms with Gasteiger partial charge in [0.15, 0.2) is 5.57 Å². The van der Waals surface area contributed by atoms with E-state index < -0.39 is 23.7 Å². The van der Waals surface area contributed by atoms with E-state index in [4.69, 9.17) is 14.2 Å². The number of carbonyl (C=O) groups excluding carboxylic acids is 4. The maximum atomic E-state index is 12.8. The van der Waals surface area contributed by atoms with E-state index in [0.29, 0.717) is 43.0 Å². The molecular weight excluding hydrogens is 478 g/mol. The topological polar surface area (TPSA) is 114 Å². The Balaban J connectivity index is 1.55. The van der Waals surface area contributed by atoms with Gasteiger partial charge in [-0.25, -0.2) is 14.4 Å². The molecule has 0 unspecified atom stereocenters. The summed E-state index contributed by atoms with van der Waals surface area (Å²) in [4.78, 5) is 53.7. The monoisotopic (exact) mass is 507 g/mol. The number of esters is 3. The number of rotatable bonds is 6. The van der Waals surface area contributed by atoms with Crippen LogP contribution in [0.15, 0.2) is 60.3 Å². The summed E-state index contributed by atoms with van der Waals surface area (Å²) in [6, 6.07) is 14.1. The van der Waals surface area contributed by atoms with Crippen molar-refractivity contribution >= 4 is 35.2 Å². The highest BCUT2D eigenvalue weighted by molar-refractivity contribution is 6.15. The van der Waals surface area contributed by atoms with Crippen LogP contribution >= 0.6 is 0 Å². The van der Waals surface area contributed by atoms with E-state index in [2.05, 4.69) is 10.2 Å². The van der Waals surface area contributed by atoms with Crippen LogP contribution in [0.4, 0.5) is 11.4 Å². The van der Waals surface area contributed by atoms with Crippen molar-refractivity contribution in [3.63, 3.8) is 0 Å². The van der Waals surface area contributed by atoms with Gasteiger partial charge in [-0.1, -0.05) is 18.2 Å². The Hall–Kier alpha value is -4.34. The van der Waals surface area contributed by atoms with Crippen molar-refractivity contribution in [2.24, 2.45) is 0 Å². The van der Waals surface area contributed by atoms with Crippen molar-refractivity contribution in [3.8, 4) is 0 Å². The quantitative estimate of drug-likeness (QED) is 0.358. The molecule has 0 aromatic heterocycles. The first-order valence-corrected chi connectivity index (χ1v) is 12.0. The minimum absolute atomic E-state index is 0.0294. The zero-order chi connectivity index (χ0) is 26.6. The number of nitrogens with one attached hydrogen (secondary N) is 1. The Morgan fingerprint density at radius 1 is 0.973 bits per heavy atom. The lowest BCUT2D eigenvalue weighted by atomic mass is 10.1. The molecule has 1 amide bonds. The third kappa shape index (κ3) is 5.91. The van der Waals surface area contributed by atoms with Crippen LogP contribution in [0.5, 0.6) is 0 Å². The Morgan fingerprint density at radius 3 is 2.24 bits per heavy atom. The predicted octanol–water partition coefficient (Wildman–Crippen LogP) is 2.96. The fourth-order valence-electron chi connectivity index (χ4n) is 4.11.